The molecule has 1 aliphatic heterocycles. The summed E-state index contributed by atoms with van der Waals surface area (Å²) >= 11 is 0. The molecule has 0 aromatic heterocycles. The first-order valence-electron chi connectivity index (χ1n) is 7.89. The van der Waals surface area contributed by atoms with E-state index in [1.807, 2.05) is 12.1 Å². The second-order valence-corrected chi connectivity index (χ2v) is 6.22. The van der Waals surface area contributed by atoms with E-state index in [0.29, 0.717) is 18.4 Å². The number of hydrogen-bond donors (Lipinski definition) is 2. The fraction of sp³-hybridized carbons (Fsp3) is 0.588. The minimum atomic E-state index is 0.223. The van der Waals surface area contributed by atoms with Crippen molar-refractivity contribution in [2.45, 2.75) is 46.3 Å². The number of rotatable bonds is 6. The molecule has 1 heterocycles. The predicted octanol–water partition coefficient (Wildman–Crippen LogP) is 2.47. The molecule has 1 atom stereocenters. The predicted molar refractivity (Wildman–Crippen MR) is 89.6 cm³/mol. The van der Waals surface area contributed by atoms with Crippen molar-refractivity contribution < 1.29 is 9.47 Å². The maximum Gasteiger partial charge on any atom is 0.188 e. The summed E-state index contributed by atoms with van der Waals surface area (Å²) in [6.07, 6.45) is 2.22. The van der Waals surface area contributed by atoms with E-state index >= 15 is 0 Å². The highest BCUT2D eigenvalue weighted by molar-refractivity contribution is 5.77. The van der Waals surface area contributed by atoms with Crippen LogP contribution in [0.5, 0.6) is 11.5 Å². The SMILES string of the molecule is COc1cc2c(cc1CN=C(N)NCCC(C)C)OC(C)C2. The quantitative estimate of drug-likeness (QED) is 0.626. The average Bonchev–Trinajstić information content (AvgIpc) is 2.82. The lowest BCUT2D eigenvalue weighted by Gasteiger charge is -2.11. The van der Waals surface area contributed by atoms with E-state index in [-0.39, 0.29) is 6.10 Å². The Bertz CT molecular complexity index is 541. The van der Waals surface area contributed by atoms with Gasteiger partial charge in [0.1, 0.15) is 17.6 Å². The molecule has 22 heavy (non-hydrogen) atoms. The van der Waals surface area contributed by atoms with Gasteiger partial charge in [0.2, 0.25) is 0 Å². The first-order chi connectivity index (χ1) is 10.5. The normalized spacial score (nSPS) is 17.3. The Hall–Kier alpha value is -1.91. The van der Waals surface area contributed by atoms with Crippen LogP contribution in [0.4, 0.5) is 0 Å². The van der Waals surface area contributed by atoms with Crippen LogP contribution in [0.25, 0.3) is 0 Å². The van der Waals surface area contributed by atoms with Gasteiger partial charge in [-0.3, -0.25) is 0 Å². The maximum absolute atomic E-state index is 5.90. The lowest BCUT2D eigenvalue weighted by molar-refractivity contribution is 0.254. The molecule has 122 valence electrons. The highest BCUT2D eigenvalue weighted by atomic mass is 16.5. The third-order valence-electron chi connectivity index (χ3n) is 3.75. The molecule has 0 amide bonds. The van der Waals surface area contributed by atoms with Gasteiger partial charge in [0, 0.05) is 24.1 Å². The number of ether oxygens (including phenoxy) is 2. The summed E-state index contributed by atoms with van der Waals surface area (Å²) in [5.74, 6) is 2.90. The number of fused-ring (bicyclic) bond motifs is 1. The Morgan fingerprint density at radius 3 is 2.95 bits per heavy atom. The van der Waals surface area contributed by atoms with Gasteiger partial charge in [-0.2, -0.15) is 0 Å². The molecule has 0 bridgehead atoms. The summed E-state index contributed by atoms with van der Waals surface area (Å²) < 4.78 is 11.3. The summed E-state index contributed by atoms with van der Waals surface area (Å²) in [5.41, 5.74) is 8.09. The monoisotopic (exact) mass is 305 g/mol. The Kier molecular flexibility index (Phi) is 5.52. The highest BCUT2D eigenvalue weighted by Crippen LogP contribution is 2.35. The molecule has 0 aliphatic carbocycles. The number of hydrogen-bond acceptors (Lipinski definition) is 3. The van der Waals surface area contributed by atoms with Crippen LogP contribution >= 0.6 is 0 Å². The molecule has 0 saturated carbocycles. The van der Waals surface area contributed by atoms with Crippen molar-refractivity contribution in [1.29, 1.82) is 0 Å². The fourth-order valence-electron chi connectivity index (χ4n) is 2.51. The van der Waals surface area contributed by atoms with Gasteiger partial charge in [-0.05, 0) is 31.4 Å². The van der Waals surface area contributed by atoms with Crippen molar-refractivity contribution in [3.8, 4) is 11.5 Å². The standard InChI is InChI=1S/C17H27N3O2/c1-11(2)5-6-19-17(18)20-10-14-9-16-13(7-12(3)22-16)8-15(14)21-4/h8-9,11-12H,5-7,10H2,1-4H3,(H3,18,19,20). The van der Waals surface area contributed by atoms with Crippen molar-refractivity contribution in [3.05, 3.63) is 23.3 Å². The van der Waals surface area contributed by atoms with Crippen LogP contribution in [0.15, 0.2) is 17.1 Å². The maximum atomic E-state index is 5.90. The van der Waals surface area contributed by atoms with Gasteiger partial charge in [-0.15, -0.1) is 0 Å². The van der Waals surface area contributed by atoms with E-state index in [2.05, 4.69) is 31.1 Å². The Morgan fingerprint density at radius 2 is 2.27 bits per heavy atom. The molecule has 5 nitrogen and oxygen atoms in total. The lowest BCUT2D eigenvalue weighted by Crippen LogP contribution is -2.32. The third-order valence-corrected chi connectivity index (χ3v) is 3.75. The van der Waals surface area contributed by atoms with Gasteiger partial charge < -0.3 is 20.5 Å². The lowest BCUT2D eigenvalue weighted by atomic mass is 10.1. The van der Waals surface area contributed by atoms with E-state index in [1.54, 1.807) is 7.11 Å². The van der Waals surface area contributed by atoms with Crippen molar-refractivity contribution in [3.63, 3.8) is 0 Å². The van der Waals surface area contributed by atoms with Gasteiger partial charge in [0.15, 0.2) is 5.96 Å². The van der Waals surface area contributed by atoms with Crippen molar-refractivity contribution >= 4 is 5.96 Å². The second kappa shape index (κ2) is 7.38. The second-order valence-electron chi connectivity index (χ2n) is 6.22. The summed E-state index contributed by atoms with van der Waals surface area (Å²) in [6, 6.07) is 4.06. The topological polar surface area (TPSA) is 68.9 Å². The van der Waals surface area contributed by atoms with Crippen LogP contribution < -0.4 is 20.5 Å². The number of nitrogens with two attached hydrogens (primary N) is 1. The van der Waals surface area contributed by atoms with Gasteiger partial charge in [0.05, 0.1) is 13.7 Å². The number of nitrogens with one attached hydrogen (secondary N) is 1. The van der Waals surface area contributed by atoms with Crippen LogP contribution in [0.3, 0.4) is 0 Å². The molecular weight excluding hydrogens is 278 g/mol. The molecule has 0 spiro atoms. The van der Waals surface area contributed by atoms with E-state index in [0.717, 1.165) is 36.4 Å². The van der Waals surface area contributed by atoms with E-state index in [4.69, 9.17) is 15.2 Å². The smallest absolute Gasteiger partial charge is 0.188 e. The number of methoxy groups -OCH3 is 1. The van der Waals surface area contributed by atoms with Crippen LogP contribution in [0.2, 0.25) is 0 Å². The number of benzene rings is 1. The van der Waals surface area contributed by atoms with E-state index in [9.17, 15) is 0 Å². The average molecular weight is 305 g/mol. The van der Waals surface area contributed by atoms with Crippen molar-refractivity contribution in [2.24, 2.45) is 16.6 Å². The zero-order valence-electron chi connectivity index (χ0n) is 14.0. The zero-order chi connectivity index (χ0) is 16.1. The summed E-state index contributed by atoms with van der Waals surface area (Å²) in [5, 5.41) is 3.14. The van der Waals surface area contributed by atoms with Crippen molar-refractivity contribution in [2.75, 3.05) is 13.7 Å². The first kappa shape index (κ1) is 16.5. The van der Waals surface area contributed by atoms with Gasteiger partial charge in [-0.25, -0.2) is 4.99 Å². The Morgan fingerprint density at radius 1 is 1.50 bits per heavy atom. The molecule has 1 aliphatic rings. The molecule has 5 heteroatoms. The minimum absolute atomic E-state index is 0.223. The van der Waals surface area contributed by atoms with Gasteiger partial charge in [0.25, 0.3) is 0 Å². The van der Waals surface area contributed by atoms with Crippen LogP contribution in [0, 0.1) is 5.92 Å². The van der Waals surface area contributed by atoms with E-state index < -0.39 is 0 Å². The Balaban J connectivity index is 2.01. The minimum Gasteiger partial charge on any atom is -0.496 e. The van der Waals surface area contributed by atoms with Crippen LogP contribution in [0.1, 0.15) is 38.3 Å². The van der Waals surface area contributed by atoms with E-state index in [1.165, 1.54) is 5.56 Å². The molecule has 0 fully saturated rings. The zero-order valence-corrected chi connectivity index (χ0v) is 14.0. The summed E-state index contributed by atoms with van der Waals surface area (Å²) in [7, 11) is 1.68. The Labute approximate surface area is 132 Å². The molecule has 1 aromatic carbocycles. The fourth-order valence-corrected chi connectivity index (χ4v) is 2.51. The summed E-state index contributed by atoms with van der Waals surface area (Å²) in [4.78, 5) is 4.39. The van der Waals surface area contributed by atoms with Crippen LogP contribution in [-0.4, -0.2) is 25.7 Å². The number of nitrogens with zero attached hydrogens (tertiary/aromatic N) is 1. The van der Waals surface area contributed by atoms with Crippen molar-refractivity contribution in [1.82, 2.24) is 5.32 Å². The van der Waals surface area contributed by atoms with Crippen LogP contribution in [-0.2, 0) is 13.0 Å². The molecule has 1 aromatic rings. The number of guanidine groups is 1. The summed E-state index contributed by atoms with van der Waals surface area (Å²) in [6.45, 7) is 7.77. The first-order valence-corrected chi connectivity index (χ1v) is 7.89. The molecule has 3 N–H and O–H groups in total. The molecule has 0 saturated heterocycles. The number of aliphatic imine (C=N–C) groups is 1. The molecular formula is C17H27N3O2. The third kappa shape index (κ3) is 4.29. The molecule has 0 radical (unpaired) electrons. The molecule has 1 unspecified atom stereocenters. The largest absolute Gasteiger partial charge is 0.496 e. The van der Waals surface area contributed by atoms with Gasteiger partial charge >= 0.3 is 0 Å². The highest BCUT2D eigenvalue weighted by Gasteiger charge is 2.21. The molecule has 2 rings (SSSR count). The van der Waals surface area contributed by atoms with Gasteiger partial charge in [-0.1, -0.05) is 13.8 Å².